The van der Waals surface area contributed by atoms with E-state index < -0.39 is 5.69 Å². The van der Waals surface area contributed by atoms with Crippen LogP contribution in [0.4, 0.5) is 0 Å². The lowest BCUT2D eigenvalue weighted by atomic mass is 10.1. The highest BCUT2D eigenvalue weighted by Gasteiger charge is 2.07. The van der Waals surface area contributed by atoms with Crippen molar-refractivity contribution in [1.29, 1.82) is 0 Å². The Morgan fingerprint density at radius 2 is 1.78 bits per heavy atom. The van der Waals surface area contributed by atoms with Gasteiger partial charge in [-0.3, -0.25) is 4.79 Å². The molecular weight excluding hydrogens is 448 g/mol. The minimum absolute atomic E-state index is 0.212. The number of halogens is 1. The van der Waals surface area contributed by atoms with Crippen molar-refractivity contribution in [2.24, 2.45) is 0 Å². The minimum Gasteiger partial charge on any atom is -0.457 e. The summed E-state index contributed by atoms with van der Waals surface area (Å²) in [5.41, 5.74) is 2.62. The van der Waals surface area contributed by atoms with Gasteiger partial charge in [0.25, 0.3) is 5.56 Å². The summed E-state index contributed by atoms with van der Waals surface area (Å²) in [6.45, 7) is 1.93. The maximum Gasteiger partial charge on any atom is 0.344 e. The maximum absolute atomic E-state index is 12.4. The van der Waals surface area contributed by atoms with Gasteiger partial charge in [-0.15, -0.1) is 0 Å². The van der Waals surface area contributed by atoms with Crippen LogP contribution in [0.2, 0.25) is 5.02 Å². The number of rotatable bonds is 7. The van der Waals surface area contributed by atoms with E-state index in [-0.39, 0.29) is 5.56 Å². The predicted octanol–water partition coefficient (Wildman–Crippen LogP) is 4.49. The molecule has 2 heterocycles. The second-order valence-corrected chi connectivity index (χ2v) is 8.46. The molecule has 0 fully saturated rings. The molecule has 0 aliphatic heterocycles. The summed E-state index contributed by atoms with van der Waals surface area (Å²) < 4.78 is 5.87. The third kappa shape index (κ3) is 5.66. The monoisotopic (exact) mass is 466 g/mol. The van der Waals surface area contributed by atoms with E-state index in [0.717, 1.165) is 28.2 Å². The molecule has 0 atom stereocenters. The molecule has 0 unspecified atom stereocenters. The standard InChI is InChI=1S/C23H19ClN4O3S/c1-14-8-19(6-7-20(14)24)31-18-4-2-15(3-5-18)13-32-23-27-12-17(21(29)28-23)9-16-10-25-22(30)26-11-16/h2-8,10-12H,9,13H2,1H3,(H,25,26,30)(H,27,28,29). The highest BCUT2D eigenvalue weighted by Crippen LogP contribution is 2.27. The van der Waals surface area contributed by atoms with Crippen LogP contribution in [0.5, 0.6) is 11.5 Å². The predicted molar refractivity (Wildman–Crippen MR) is 125 cm³/mol. The number of ether oxygens (including phenoxy) is 1. The zero-order valence-corrected chi connectivity index (χ0v) is 18.7. The van der Waals surface area contributed by atoms with Crippen molar-refractivity contribution in [2.75, 3.05) is 0 Å². The molecule has 4 aromatic rings. The average molecular weight is 467 g/mol. The van der Waals surface area contributed by atoms with E-state index in [1.54, 1.807) is 12.4 Å². The van der Waals surface area contributed by atoms with E-state index in [1.165, 1.54) is 18.0 Å². The van der Waals surface area contributed by atoms with Crippen LogP contribution < -0.4 is 16.0 Å². The van der Waals surface area contributed by atoms with Crippen LogP contribution in [-0.4, -0.2) is 19.9 Å². The normalized spacial score (nSPS) is 10.8. The molecule has 7 nitrogen and oxygen atoms in total. The molecule has 2 N–H and O–H groups in total. The van der Waals surface area contributed by atoms with E-state index in [2.05, 4.69) is 19.9 Å². The Balaban J connectivity index is 1.35. The molecule has 0 saturated carbocycles. The van der Waals surface area contributed by atoms with Crippen LogP contribution in [0.25, 0.3) is 0 Å². The van der Waals surface area contributed by atoms with E-state index in [1.807, 2.05) is 49.4 Å². The highest BCUT2D eigenvalue weighted by molar-refractivity contribution is 7.98. The summed E-state index contributed by atoms with van der Waals surface area (Å²) >= 11 is 7.49. The first-order chi connectivity index (χ1) is 15.5. The van der Waals surface area contributed by atoms with Gasteiger partial charge >= 0.3 is 5.69 Å². The fourth-order valence-electron chi connectivity index (χ4n) is 2.91. The summed E-state index contributed by atoms with van der Waals surface area (Å²) in [6.07, 6.45) is 4.88. The Kier molecular flexibility index (Phi) is 6.72. The molecule has 0 radical (unpaired) electrons. The Morgan fingerprint density at radius 3 is 2.47 bits per heavy atom. The first-order valence-electron chi connectivity index (χ1n) is 9.74. The molecule has 2 aromatic carbocycles. The molecule has 9 heteroatoms. The largest absolute Gasteiger partial charge is 0.457 e. The zero-order chi connectivity index (χ0) is 22.5. The van der Waals surface area contributed by atoms with Gasteiger partial charge < -0.3 is 14.7 Å². The average Bonchev–Trinajstić information content (AvgIpc) is 2.79. The van der Waals surface area contributed by atoms with Gasteiger partial charge in [0.2, 0.25) is 0 Å². The SMILES string of the molecule is Cc1cc(Oc2ccc(CSc3ncc(Cc4cnc(=O)[nH]c4)c(=O)[nH]3)cc2)ccc1Cl. The van der Waals surface area contributed by atoms with Crippen molar-refractivity contribution >= 4 is 23.4 Å². The van der Waals surface area contributed by atoms with Gasteiger partial charge in [-0.1, -0.05) is 35.5 Å². The van der Waals surface area contributed by atoms with Gasteiger partial charge in [0.15, 0.2) is 5.16 Å². The van der Waals surface area contributed by atoms with E-state index in [9.17, 15) is 9.59 Å². The molecule has 0 bridgehead atoms. The first-order valence-corrected chi connectivity index (χ1v) is 11.1. The number of H-pyrrole nitrogens is 2. The van der Waals surface area contributed by atoms with Crippen molar-refractivity contribution in [2.45, 2.75) is 24.3 Å². The minimum atomic E-state index is -0.424. The Bertz CT molecular complexity index is 1330. The van der Waals surface area contributed by atoms with E-state index >= 15 is 0 Å². The van der Waals surface area contributed by atoms with Crippen LogP contribution in [0.3, 0.4) is 0 Å². The number of aromatic amines is 2. The van der Waals surface area contributed by atoms with Gasteiger partial charge in [-0.2, -0.15) is 0 Å². The lowest BCUT2D eigenvalue weighted by Gasteiger charge is -2.08. The smallest absolute Gasteiger partial charge is 0.344 e. The van der Waals surface area contributed by atoms with Crippen molar-refractivity contribution in [3.63, 3.8) is 0 Å². The van der Waals surface area contributed by atoms with Crippen LogP contribution in [-0.2, 0) is 12.2 Å². The maximum atomic E-state index is 12.4. The molecule has 0 aliphatic carbocycles. The van der Waals surface area contributed by atoms with Crippen LogP contribution >= 0.6 is 23.4 Å². The van der Waals surface area contributed by atoms with E-state index in [0.29, 0.717) is 27.9 Å². The fourth-order valence-corrected chi connectivity index (χ4v) is 3.82. The van der Waals surface area contributed by atoms with Gasteiger partial charge in [-0.05, 0) is 53.9 Å². The van der Waals surface area contributed by atoms with Crippen molar-refractivity contribution in [3.8, 4) is 11.5 Å². The summed E-state index contributed by atoms with van der Waals surface area (Å²) in [5.74, 6) is 2.11. The number of thioether (sulfide) groups is 1. The number of hydrogen-bond donors (Lipinski definition) is 2. The topological polar surface area (TPSA) is 101 Å². The second kappa shape index (κ2) is 9.84. The number of nitrogens with one attached hydrogen (secondary N) is 2. The molecule has 0 saturated heterocycles. The Morgan fingerprint density at radius 1 is 1.00 bits per heavy atom. The number of aryl methyl sites for hydroxylation is 1. The van der Waals surface area contributed by atoms with Crippen LogP contribution in [0.15, 0.2) is 75.8 Å². The summed E-state index contributed by atoms with van der Waals surface area (Å²) in [5, 5.41) is 1.24. The molecule has 0 amide bonds. The van der Waals surface area contributed by atoms with Gasteiger partial charge in [0, 0.05) is 41.4 Å². The molecule has 0 spiro atoms. The molecular formula is C23H19ClN4O3S. The highest BCUT2D eigenvalue weighted by atomic mass is 35.5. The Hall–Kier alpha value is -3.36. The fraction of sp³-hybridized carbons (Fsp3) is 0.130. The van der Waals surface area contributed by atoms with Crippen molar-refractivity contribution in [1.82, 2.24) is 19.9 Å². The second-order valence-electron chi connectivity index (χ2n) is 7.09. The van der Waals surface area contributed by atoms with Gasteiger partial charge in [0.05, 0.1) is 0 Å². The molecule has 2 aromatic heterocycles. The molecule has 162 valence electrons. The van der Waals surface area contributed by atoms with Crippen molar-refractivity contribution in [3.05, 3.63) is 109 Å². The number of hydrogen-bond acceptors (Lipinski definition) is 6. The molecule has 4 rings (SSSR count). The third-order valence-electron chi connectivity index (χ3n) is 4.64. The summed E-state index contributed by atoms with van der Waals surface area (Å²) in [4.78, 5) is 36.7. The number of aromatic nitrogens is 4. The summed E-state index contributed by atoms with van der Waals surface area (Å²) in [7, 11) is 0. The third-order valence-corrected chi connectivity index (χ3v) is 6.02. The Labute approximate surface area is 192 Å². The number of benzene rings is 2. The quantitative estimate of drug-likeness (QED) is 0.307. The lowest BCUT2D eigenvalue weighted by molar-refractivity contribution is 0.482. The zero-order valence-electron chi connectivity index (χ0n) is 17.1. The summed E-state index contributed by atoms with van der Waals surface area (Å²) in [6, 6.07) is 13.3. The molecule has 0 aliphatic rings. The van der Waals surface area contributed by atoms with Gasteiger partial charge in [0.1, 0.15) is 11.5 Å². The lowest BCUT2D eigenvalue weighted by Crippen LogP contribution is -2.16. The molecule has 32 heavy (non-hydrogen) atoms. The first kappa shape index (κ1) is 21.9. The van der Waals surface area contributed by atoms with Crippen molar-refractivity contribution < 1.29 is 4.74 Å². The van der Waals surface area contributed by atoms with Gasteiger partial charge in [-0.25, -0.2) is 14.8 Å². The van der Waals surface area contributed by atoms with Crippen LogP contribution in [0, 0.1) is 6.92 Å². The van der Waals surface area contributed by atoms with E-state index in [4.69, 9.17) is 16.3 Å². The number of nitrogens with zero attached hydrogens (tertiary/aromatic N) is 2. The van der Waals surface area contributed by atoms with Crippen LogP contribution in [0.1, 0.15) is 22.3 Å².